The molecule has 0 aromatic heterocycles. The molecule has 0 atom stereocenters. The molecule has 0 aliphatic carbocycles. The number of amides is 2. The van der Waals surface area contributed by atoms with Crippen LogP contribution >= 0.6 is 0 Å². The summed E-state index contributed by atoms with van der Waals surface area (Å²) >= 11 is 0. The van der Waals surface area contributed by atoms with E-state index in [1.165, 1.54) is 5.56 Å². The molecule has 1 heterocycles. The predicted molar refractivity (Wildman–Crippen MR) is 95.8 cm³/mol. The molecule has 1 aliphatic rings. The molecule has 0 fully saturated rings. The van der Waals surface area contributed by atoms with Crippen LogP contribution in [0.2, 0.25) is 0 Å². The molecule has 2 amide bonds. The number of hydrogen-bond acceptors (Lipinski definition) is 3. The van der Waals surface area contributed by atoms with Crippen LogP contribution in [-0.2, 0) is 6.42 Å². The number of fused-ring (bicyclic) bond motifs is 1. The minimum atomic E-state index is -0.140. The van der Waals surface area contributed by atoms with E-state index in [2.05, 4.69) is 16.0 Å². The van der Waals surface area contributed by atoms with E-state index < -0.39 is 0 Å². The monoisotopic (exact) mass is 323 g/mol. The largest absolute Gasteiger partial charge is 0.384 e. The highest BCUT2D eigenvalue weighted by molar-refractivity contribution is 6.05. The van der Waals surface area contributed by atoms with E-state index in [1.54, 1.807) is 18.2 Å². The fraction of sp³-hybridized carbons (Fsp3) is 0.263. The van der Waals surface area contributed by atoms with E-state index in [4.69, 9.17) is 0 Å². The van der Waals surface area contributed by atoms with E-state index in [-0.39, 0.29) is 11.8 Å². The summed E-state index contributed by atoms with van der Waals surface area (Å²) in [5.41, 5.74) is 5.09. The molecular formula is C19H21N3O2. The van der Waals surface area contributed by atoms with E-state index in [9.17, 15) is 9.59 Å². The molecule has 0 saturated carbocycles. The van der Waals surface area contributed by atoms with Crippen molar-refractivity contribution in [3.8, 4) is 0 Å². The van der Waals surface area contributed by atoms with Crippen LogP contribution in [0.5, 0.6) is 0 Å². The summed E-state index contributed by atoms with van der Waals surface area (Å²) in [6.07, 6.45) is 0.941. The topological polar surface area (TPSA) is 70.2 Å². The molecule has 2 aromatic carbocycles. The summed E-state index contributed by atoms with van der Waals surface area (Å²) in [5.74, 6) is -0.247. The zero-order chi connectivity index (χ0) is 17.1. The number of aryl methyl sites for hydroxylation is 1. The third-order valence-corrected chi connectivity index (χ3v) is 4.15. The summed E-state index contributed by atoms with van der Waals surface area (Å²) in [6.45, 7) is 5.26. The lowest BCUT2D eigenvalue weighted by Gasteiger charge is -2.11. The van der Waals surface area contributed by atoms with Gasteiger partial charge in [-0.25, -0.2) is 0 Å². The van der Waals surface area contributed by atoms with Crippen LogP contribution in [0.25, 0.3) is 0 Å². The van der Waals surface area contributed by atoms with Crippen LogP contribution in [-0.4, -0.2) is 24.9 Å². The molecule has 0 bridgehead atoms. The van der Waals surface area contributed by atoms with Crippen molar-refractivity contribution >= 4 is 23.2 Å². The molecule has 0 saturated heterocycles. The highest BCUT2D eigenvalue weighted by Gasteiger charge is 2.14. The van der Waals surface area contributed by atoms with Gasteiger partial charge < -0.3 is 16.0 Å². The molecule has 0 spiro atoms. The summed E-state index contributed by atoms with van der Waals surface area (Å²) in [5, 5.41) is 8.97. The quantitative estimate of drug-likeness (QED) is 0.810. The van der Waals surface area contributed by atoms with Gasteiger partial charge >= 0.3 is 0 Å². The summed E-state index contributed by atoms with van der Waals surface area (Å²) in [6, 6.07) is 11.0. The maximum Gasteiger partial charge on any atom is 0.255 e. The normalized spacial score (nSPS) is 12.2. The lowest BCUT2D eigenvalue weighted by molar-refractivity contribution is 0.0955. The highest BCUT2D eigenvalue weighted by atomic mass is 16.2. The smallest absolute Gasteiger partial charge is 0.255 e. The molecule has 1 aliphatic heterocycles. The lowest BCUT2D eigenvalue weighted by atomic mass is 10.1. The van der Waals surface area contributed by atoms with Crippen LogP contribution in [0.1, 0.15) is 38.8 Å². The number of benzene rings is 2. The molecule has 124 valence electrons. The van der Waals surface area contributed by atoms with Crippen LogP contribution in [0.4, 0.5) is 11.4 Å². The first-order valence-electron chi connectivity index (χ1n) is 8.15. The molecule has 24 heavy (non-hydrogen) atoms. The number of hydrogen-bond donors (Lipinski definition) is 3. The summed E-state index contributed by atoms with van der Waals surface area (Å²) in [7, 11) is 0. The lowest BCUT2D eigenvalue weighted by Crippen LogP contribution is -2.22. The second kappa shape index (κ2) is 6.74. The highest BCUT2D eigenvalue weighted by Crippen LogP contribution is 2.24. The Morgan fingerprint density at radius 3 is 2.58 bits per heavy atom. The zero-order valence-corrected chi connectivity index (χ0v) is 13.9. The molecule has 0 radical (unpaired) electrons. The van der Waals surface area contributed by atoms with E-state index in [1.807, 2.05) is 32.0 Å². The van der Waals surface area contributed by atoms with Crippen LogP contribution < -0.4 is 16.0 Å². The molecule has 3 N–H and O–H groups in total. The van der Waals surface area contributed by atoms with E-state index in [0.717, 1.165) is 24.2 Å². The minimum absolute atomic E-state index is 0.107. The Kier molecular flexibility index (Phi) is 4.51. The molecular weight excluding hydrogens is 302 g/mol. The predicted octanol–water partition coefficient (Wildman–Crippen LogP) is 2.97. The first kappa shape index (κ1) is 16.1. The zero-order valence-electron chi connectivity index (χ0n) is 13.9. The number of anilines is 2. The van der Waals surface area contributed by atoms with Gasteiger partial charge in [-0.15, -0.1) is 0 Å². The van der Waals surface area contributed by atoms with Crippen LogP contribution in [0, 0.1) is 6.92 Å². The molecule has 5 nitrogen and oxygen atoms in total. The van der Waals surface area contributed by atoms with Gasteiger partial charge in [0.15, 0.2) is 0 Å². The molecule has 2 aromatic rings. The average molecular weight is 323 g/mol. The second-order valence-corrected chi connectivity index (χ2v) is 5.89. The fourth-order valence-corrected chi connectivity index (χ4v) is 2.85. The Labute approximate surface area is 141 Å². The van der Waals surface area contributed by atoms with Crippen molar-refractivity contribution in [1.29, 1.82) is 0 Å². The van der Waals surface area contributed by atoms with Gasteiger partial charge in [0.05, 0.1) is 0 Å². The van der Waals surface area contributed by atoms with Gasteiger partial charge in [0.1, 0.15) is 0 Å². The molecule has 5 heteroatoms. The summed E-state index contributed by atoms with van der Waals surface area (Å²) < 4.78 is 0. The maximum atomic E-state index is 12.5. The van der Waals surface area contributed by atoms with E-state index >= 15 is 0 Å². The van der Waals surface area contributed by atoms with Crippen LogP contribution in [0.15, 0.2) is 36.4 Å². The fourth-order valence-electron chi connectivity index (χ4n) is 2.85. The number of carbonyl (C=O) groups is 2. The van der Waals surface area contributed by atoms with Gasteiger partial charge in [-0.05, 0) is 67.8 Å². The first-order valence-corrected chi connectivity index (χ1v) is 8.15. The Morgan fingerprint density at radius 1 is 1.08 bits per heavy atom. The van der Waals surface area contributed by atoms with Gasteiger partial charge in [-0.3, -0.25) is 9.59 Å². The average Bonchev–Trinajstić information content (AvgIpc) is 3.04. The van der Waals surface area contributed by atoms with Gasteiger partial charge in [-0.2, -0.15) is 0 Å². The maximum absolute atomic E-state index is 12.5. The van der Waals surface area contributed by atoms with Crippen molar-refractivity contribution < 1.29 is 9.59 Å². The number of rotatable bonds is 4. The Bertz CT molecular complexity index is 799. The van der Waals surface area contributed by atoms with Crippen molar-refractivity contribution in [2.24, 2.45) is 0 Å². The third kappa shape index (κ3) is 3.25. The van der Waals surface area contributed by atoms with Crippen molar-refractivity contribution in [2.45, 2.75) is 20.3 Å². The molecule has 3 rings (SSSR count). The second-order valence-electron chi connectivity index (χ2n) is 5.89. The van der Waals surface area contributed by atoms with Crippen molar-refractivity contribution in [3.63, 3.8) is 0 Å². The van der Waals surface area contributed by atoms with Gasteiger partial charge in [0, 0.05) is 35.6 Å². The first-order chi connectivity index (χ1) is 11.6. The third-order valence-electron chi connectivity index (χ3n) is 4.15. The minimum Gasteiger partial charge on any atom is -0.384 e. The van der Waals surface area contributed by atoms with Crippen molar-refractivity contribution in [2.75, 3.05) is 23.7 Å². The Hall–Kier alpha value is -2.82. The number of carbonyl (C=O) groups excluding carboxylic acids is 2. The SMILES string of the molecule is CCNC(=O)c1ccc(NC(=O)c2ccc3c(c2)CCN3)c(C)c1. The number of nitrogens with one attached hydrogen (secondary N) is 3. The standard InChI is InChI=1S/C19H21N3O2/c1-3-20-18(23)14-4-6-16(12(2)10-14)22-19(24)15-5-7-17-13(11-15)8-9-21-17/h4-7,10-11,21H,3,8-9H2,1-2H3,(H,20,23)(H,22,24). The van der Waals surface area contributed by atoms with Gasteiger partial charge in [-0.1, -0.05) is 0 Å². The van der Waals surface area contributed by atoms with Gasteiger partial charge in [0.25, 0.3) is 11.8 Å². The summed E-state index contributed by atoms with van der Waals surface area (Å²) in [4.78, 5) is 24.3. The van der Waals surface area contributed by atoms with Gasteiger partial charge in [0.2, 0.25) is 0 Å². The Balaban J connectivity index is 1.76. The van der Waals surface area contributed by atoms with Crippen molar-refractivity contribution in [3.05, 3.63) is 58.7 Å². The van der Waals surface area contributed by atoms with Crippen LogP contribution in [0.3, 0.4) is 0 Å². The van der Waals surface area contributed by atoms with E-state index in [0.29, 0.717) is 23.4 Å². The van der Waals surface area contributed by atoms with Crippen molar-refractivity contribution in [1.82, 2.24) is 5.32 Å². The molecule has 0 unspecified atom stereocenters. The Morgan fingerprint density at radius 2 is 1.83 bits per heavy atom.